The average Bonchev–Trinajstić information content (AvgIpc) is 3.07. The SMILES string of the molecule is O=P(OC1CCCCC1)(OC1CCCCC1)C1CCC(C2CCC(P(=O)(OC3CCCCC3)OC3CCCCC3)CC2)CC1. The van der Waals surface area contributed by atoms with Crippen molar-refractivity contribution in [2.75, 3.05) is 0 Å². The van der Waals surface area contributed by atoms with Gasteiger partial charge < -0.3 is 18.1 Å². The summed E-state index contributed by atoms with van der Waals surface area (Å²) in [5.41, 5.74) is 0.124. The molecule has 8 heteroatoms. The molecule has 6 nitrogen and oxygen atoms in total. The lowest BCUT2D eigenvalue weighted by molar-refractivity contribution is 0.0664. The molecule has 0 radical (unpaired) electrons. The van der Waals surface area contributed by atoms with Crippen LogP contribution in [0.5, 0.6) is 0 Å². The minimum Gasteiger partial charge on any atom is -0.305 e. The van der Waals surface area contributed by atoms with Gasteiger partial charge in [0.25, 0.3) is 0 Å². The van der Waals surface area contributed by atoms with Crippen molar-refractivity contribution in [3.05, 3.63) is 0 Å². The van der Waals surface area contributed by atoms with Gasteiger partial charge in [-0.25, -0.2) is 0 Å². The summed E-state index contributed by atoms with van der Waals surface area (Å²) in [5, 5.41) is 0. The highest BCUT2D eigenvalue weighted by Gasteiger charge is 2.46. The van der Waals surface area contributed by atoms with Crippen molar-refractivity contribution < 1.29 is 27.2 Å². The third-order valence-corrected chi connectivity index (χ3v) is 17.6. The van der Waals surface area contributed by atoms with E-state index in [0.29, 0.717) is 11.8 Å². The lowest BCUT2D eigenvalue weighted by Gasteiger charge is -2.42. The number of rotatable bonds is 11. The van der Waals surface area contributed by atoms with Gasteiger partial charge in [-0.05, 0) is 115 Å². The molecule has 0 saturated heterocycles. The van der Waals surface area contributed by atoms with E-state index in [0.717, 1.165) is 103 Å². The first-order valence-corrected chi connectivity index (χ1v) is 22.6. The zero-order valence-electron chi connectivity index (χ0n) is 27.8. The quantitative estimate of drug-likeness (QED) is 0.206. The maximum absolute atomic E-state index is 14.6. The highest BCUT2D eigenvalue weighted by molar-refractivity contribution is 7.55. The molecule has 6 aliphatic carbocycles. The van der Waals surface area contributed by atoms with Gasteiger partial charge in [0.1, 0.15) is 0 Å². The lowest BCUT2D eigenvalue weighted by Crippen LogP contribution is -2.32. The van der Waals surface area contributed by atoms with Gasteiger partial charge >= 0.3 is 15.2 Å². The molecule has 0 aliphatic heterocycles. The van der Waals surface area contributed by atoms with Crippen LogP contribution in [0.4, 0.5) is 0 Å². The molecule has 6 aliphatic rings. The third kappa shape index (κ3) is 9.25. The third-order valence-electron chi connectivity index (χ3n) is 12.4. The maximum atomic E-state index is 14.6. The molecule has 6 rings (SSSR count). The Bertz CT molecular complexity index is 810. The fraction of sp³-hybridized carbons (Fsp3) is 1.00. The van der Waals surface area contributed by atoms with Crippen molar-refractivity contribution in [2.24, 2.45) is 11.8 Å². The lowest BCUT2D eigenvalue weighted by atomic mass is 9.73. The van der Waals surface area contributed by atoms with Crippen LogP contribution in [-0.2, 0) is 27.2 Å². The Morgan fingerprint density at radius 1 is 0.295 bits per heavy atom. The molecule has 0 aromatic rings. The summed E-state index contributed by atoms with van der Waals surface area (Å²) in [4.78, 5) is 0. The van der Waals surface area contributed by atoms with Gasteiger partial charge in [-0.15, -0.1) is 0 Å². The van der Waals surface area contributed by atoms with E-state index < -0.39 is 15.2 Å². The van der Waals surface area contributed by atoms with Gasteiger partial charge in [0.05, 0.1) is 35.7 Å². The highest BCUT2D eigenvalue weighted by Crippen LogP contribution is 2.64. The molecule has 0 N–H and O–H groups in total. The Morgan fingerprint density at radius 3 is 0.750 bits per heavy atom. The average molecular weight is 655 g/mol. The van der Waals surface area contributed by atoms with Crippen molar-refractivity contribution in [1.29, 1.82) is 0 Å². The van der Waals surface area contributed by atoms with E-state index in [2.05, 4.69) is 0 Å². The Morgan fingerprint density at radius 2 is 0.523 bits per heavy atom. The summed E-state index contributed by atoms with van der Waals surface area (Å²) in [7, 11) is -6.27. The minimum absolute atomic E-state index is 0.0620. The Hall–Kier alpha value is 0.300. The van der Waals surface area contributed by atoms with Crippen molar-refractivity contribution in [2.45, 2.75) is 216 Å². The molecular formula is C36H64O6P2. The van der Waals surface area contributed by atoms with E-state index in [-0.39, 0.29) is 35.7 Å². The highest BCUT2D eigenvalue weighted by atomic mass is 31.2. The second-order valence-corrected chi connectivity index (χ2v) is 20.1. The van der Waals surface area contributed by atoms with Crippen LogP contribution in [0.1, 0.15) is 180 Å². The van der Waals surface area contributed by atoms with E-state index in [1.54, 1.807) is 0 Å². The van der Waals surface area contributed by atoms with Gasteiger partial charge in [-0.3, -0.25) is 9.13 Å². The first kappa shape index (κ1) is 34.2. The second kappa shape index (κ2) is 16.6. The molecule has 0 aromatic heterocycles. The van der Waals surface area contributed by atoms with Crippen LogP contribution in [-0.4, -0.2) is 35.7 Å². The summed E-state index contributed by atoms with van der Waals surface area (Å²) >= 11 is 0. The summed E-state index contributed by atoms with van der Waals surface area (Å²) in [6, 6.07) is 0. The van der Waals surface area contributed by atoms with Crippen molar-refractivity contribution in [3.8, 4) is 0 Å². The molecule has 254 valence electrons. The minimum atomic E-state index is -3.14. The van der Waals surface area contributed by atoms with Crippen molar-refractivity contribution in [3.63, 3.8) is 0 Å². The van der Waals surface area contributed by atoms with Crippen LogP contribution in [0.2, 0.25) is 0 Å². The molecule has 44 heavy (non-hydrogen) atoms. The zero-order chi connectivity index (χ0) is 30.2. The van der Waals surface area contributed by atoms with Crippen LogP contribution in [0.3, 0.4) is 0 Å². The molecule has 6 fully saturated rings. The number of hydrogen-bond acceptors (Lipinski definition) is 6. The second-order valence-electron chi connectivity index (χ2n) is 15.7. The van der Waals surface area contributed by atoms with Crippen LogP contribution < -0.4 is 0 Å². The standard InChI is InChI=1S/C36H64O6P2/c37-43(39-31-13-5-1-6-14-31,40-32-15-7-2-8-16-32)35-25-21-29(22-26-35)30-23-27-36(28-24-30)44(38,41-33-17-9-3-10-18-33)42-34-19-11-4-12-20-34/h29-36H,1-28H2. The largest absolute Gasteiger partial charge is 0.334 e. The maximum Gasteiger partial charge on any atom is 0.334 e. The van der Waals surface area contributed by atoms with Gasteiger partial charge in [-0.1, -0.05) is 77.0 Å². The summed E-state index contributed by atoms with van der Waals surface area (Å²) < 4.78 is 55.3. The zero-order valence-corrected chi connectivity index (χ0v) is 29.6. The van der Waals surface area contributed by atoms with Crippen LogP contribution in [0.15, 0.2) is 0 Å². The monoisotopic (exact) mass is 654 g/mol. The summed E-state index contributed by atoms with van der Waals surface area (Å²) in [6.45, 7) is 0. The normalized spacial score (nSPS) is 33.4. The van der Waals surface area contributed by atoms with E-state index in [1.165, 1.54) is 77.0 Å². The Balaban J connectivity index is 1.03. The Kier molecular flexibility index (Phi) is 12.9. The van der Waals surface area contributed by atoms with Crippen LogP contribution in [0, 0.1) is 11.8 Å². The van der Waals surface area contributed by atoms with E-state index in [1.807, 2.05) is 0 Å². The molecule has 0 heterocycles. The Labute approximate surface area is 269 Å². The molecule has 0 unspecified atom stereocenters. The van der Waals surface area contributed by atoms with Crippen molar-refractivity contribution >= 4 is 15.2 Å². The van der Waals surface area contributed by atoms with Crippen LogP contribution >= 0.6 is 15.2 Å². The molecule has 0 aromatic carbocycles. The van der Waals surface area contributed by atoms with E-state index in [4.69, 9.17) is 18.1 Å². The van der Waals surface area contributed by atoms with E-state index in [9.17, 15) is 9.13 Å². The van der Waals surface area contributed by atoms with Gasteiger partial charge in [0.2, 0.25) is 0 Å². The molecular weight excluding hydrogens is 590 g/mol. The molecule has 0 spiro atoms. The smallest absolute Gasteiger partial charge is 0.305 e. The predicted molar refractivity (Wildman–Crippen MR) is 179 cm³/mol. The number of hydrogen-bond donors (Lipinski definition) is 0. The molecule has 0 amide bonds. The fourth-order valence-corrected chi connectivity index (χ4v) is 14.8. The summed E-state index contributed by atoms with van der Waals surface area (Å²) in [6.07, 6.45) is 31.7. The summed E-state index contributed by atoms with van der Waals surface area (Å²) in [5.74, 6) is 1.34. The van der Waals surface area contributed by atoms with Gasteiger partial charge in [0, 0.05) is 0 Å². The van der Waals surface area contributed by atoms with Crippen LogP contribution in [0.25, 0.3) is 0 Å². The van der Waals surface area contributed by atoms with E-state index >= 15 is 0 Å². The first-order chi connectivity index (χ1) is 21.5. The van der Waals surface area contributed by atoms with Gasteiger partial charge in [-0.2, -0.15) is 0 Å². The fourth-order valence-electron chi connectivity index (χ4n) is 9.69. The van der Waals surface area contributed by atoms with Crippen molar-refractivity contribution in [1.82, 2.24) is 0 Å². The predicted octanol–water partition coefficient (Wildman–Crippen LogP) is 11.9. The molecule has 0 bridgehead atoms. The molecule has 6 saturated carbocycles. The first-order valence-electron chi connectivity index (χ1n) is 19.4. The van der Waals surface area contributed by atoms with Gasteiger partial charge in [0.15, 0.2) is 0 Å². The topological polar surface area (TPSA) is 71.1 Å². The molecule has 0 atom stereocenters.